The topological polar surface area (TPSA) is 37.4 Å². The van der Waals surface area contributed by atoms with Crippen molar-refractivity contribution in [3.63, 3.8) is 0 Å². The van der Waals surface area contributed by atoms with E-state index in [0.717, 1.165) is 31.8 Å². The van der Waals surface area contributed by atoms with E-state index in [1.807, 2.05) is 25.4 Å². The SMILES string of the molecule is CCN1CCOC(C(NC)c2cnc3ccccc3c2)C1. The summed E-state index contributed by atoms with van der Waals surface area (Å²) >= 11 is 0. The number of nitrogens with one attached hydrogen (secondary N) is 1. The quantitative estimate of drug-likeness (QED) is 0.934. The van der Waals surface area contributed by atoms with Gasteiger partial charge in [-0.1, -0.05) is 25.1 Å². The second-order valence-electron chi connectivity index (χ2n) is 5.53. The van der Waals surface area contributed by atoms with E-state index in [9.17, 15) is 0 Å². The van der Waals surface area contributed by atoms with Crippen LogP contribution in [0.2, 0.25) is 0 Å². The van der Waals surface area contributed by atoms with Crippen molar-refractivity contribution in [3.8, 4) is 0 Å². The van der Waals surface area contributed by atoms with Crippen molar-refractivity contribution in [3.05, 3.63) is 42.1 Å². The molecule has 2 unspecified atom stereocenters. The molecule has 112 valence electrons. The Morgan fingerprint density at radius 2 is 2.29 bits per heavy atom. The molecule has 0 aliphatic carbocycles. The Labute approximate surface area is 126 Å². The summed E-state index contributed by atoms with van der Waals surface area (Å²) in [6, 6.07) is 10.6. The van der Waals surface area contributed by atoms with Gasteiger partial charge in [-0.25, -0.2) is 0 Å². The van der Waals surface area contributed by atoms with Gasteiger partial charge in [0.05, 0.1) is 24.3 Å². The fourth-order valence-corrected chi connectivity index (χ4v) is 3.05. The van der Waals surface area contributed by atoms with Crippen LogP contribution in [0.3, 0.4) is 0 Å². The van der Waals surface area contributed by atoms with Crippen molar-refractivity contribution >= 4 is 10.9 Å². The van der Waals surface area contributed by atoms with Gasteiger partial charge in [-0.3, -0.25) is 9.88 Å². The summed E-state index contributed by atoms with van der Waals surface area (Å²) < 4.78 is 6.00. The van der Waals surface area contributed by atoms with Gasteiger partial charge in [0.25, 0.3) is 0 Å². The lowest BCUT2D eigenvalue weighted by Gasteiger charge is -2.36. The van der Waals surface area contributed by atoms with Gasteiger partial charge in [-0.2, -0.15) is 0 Å². The standard InChI is InChI=1S/C17H23N3O/c1-3-20-8-9-21-16(12-20)17(18-2)14-10-13-6-4-5-7-15(13)19-11-14/h4-7,10-11,16-18H,3,8-9,12H2,1-2H3. The maximum atomic E-state index is 6.00. The first kappa shape index (κ1) is 14.4. The first-order valence-corrected chi connectivity index (χ1v) is 7.67. The van der Waals surface area contributed by atoms with Gasteiger partial charge >= 0.3 is 0 Å². The molecule has 1 fully saturated rings. The lowest BCUT2D eigenvalue weighted by Crippen LogP contribution is -2.47. The van der Waals surface area contributed by atoms with Gasteiger partial charge in [-0.05, 0) is 31.3 Å². The minimum absolute atomic E-state index is 0.173. The summed E-state index contributed by atoms with van der Waals surface area (Å²) in [5.74, 6) is 0. The largest absolute Gasteiger partial charge is 0.374 e. The minimum atomic E-state index is 0.173. The molecule has 0 amide bonds. The zero-order valence-electron chi connectivity index (χ0n) is 12.7. The molecule has 1 aliphatic rings. The van der Waals surface area contributed by atoms with Gasteiger partial charge < -0.3 is 10.1 Å². The highest BCUT2D eigenvalue weighted by atomic mass is 16.5. The highest BCUT2D eigenvalue weighted by molar-refractivity contribution is 5.78. The molecule has 1 aliphatic heterocycles. The number of rotatable bonds is 4. The normalized spacial score (nSPS) is 21.5. The molecule has 2 aromatic rings. The van der Waals surface area contributed by atoms with Crippen LogP contribution in [0.5, 0.6) is 0 Å². The molecule has 0 saturated carbocycles. The third kappa shape index (κ3) is 3.07. The van der Waals surface area contributed by atoms with Crippen molar-refractivity contribution in [1.29, 1.82) is 0 Å². The fraction of sp³-hybridized carbons (Fsp3) is 0.471. The summed E-state index contributed by atoms with van der Waals surface area (Å²) in [5.41, 5.74) is 2.23. The van der Waals surface area contributed by atoms with Gasteiger partial charge in [-0.15, -0.1) is 0 Å². The molecule has 4 heteroatoms. The van der Waals surface area contributed by atoms with E-state index in [1.54, 1.807) is 0 Å². The van der Waals surface area contributed by atoms with Crippen LogP contribution in [0.1, 0.15) is 18.5 Å². The Hall–Kier alpha value is -1.49. The number of benzene rings is 1. The molecule has 2 atom stereocenters. The van der Waals surface area contributed by atoms with Gasteiger partial charge in [0.1, 0.15) is 0 Å². The lowest BCUT2D eigenvalue weighted by molar-refractivity contribution is -0.0444. The molecule has 1 saturated heterocycles. The van der Waals surface area contributed by atoms with Crippen LogP contribution >= 0.6 is 0 Å². The maximum absolute atomic E-state index is 6.00. The molecule has 0 spiro atoms. The average molecular weight is 285 g/mol. The molecule has 4 nitrogen and oxygen atoms in total. The Morgan fingerprint density at radius 3 is 3.10 bits per heavy atom. The van der Waals surface area contributed by atoms with E-state index in [0.29, 0.717) is 0 Å². The van der Waals surface area contributed by atoms with Crippen molar-refractivity contribution in [2.75, 3.05) is 33.3 Å². The van der Waals surface area contributed by atoms with Crippen LogP contribution in [-0.4, -0.2) is 49.3 Å². The van der Waals surface area contributed by atoms with Crippen molar-refractivity contribution in [2.24, 2.45) is 0 Å². The van der Waals surface area contributed by atoms with Crippen LogP contribution in [0, 0.1) is 0 Å². The summed E-state index contributed by atoms with van der Waals surface area (Å²) in [5, 5.41) is 4.58. The summed E-state index contributed by atoms with van der Waals surface area (Å²) in [4.78, 5) is 7.01. The van der Waals surface area contributed by atoms with Crippen LogP contribution in [0.15, 0.2) is 36.5 Å². The predicted octanol–water partition coefficient (Wildman–Crippen LogP) is 2.22. The maximum Gasteiger partial charge on any atom is 0.0897 e. The highest BCUT2D eigenvalue weighted by Gasteiger charge is 2.28. The number of morpholine rings is 1. The van der Waals surface area contributed by atoms with Crippen LogP contribution in [-0.2, 0) is 4.74 Å². The molecule has 3 rings (SSSR count). The number of hydrogen-bond acceptors (Lipinski definition) is 4. The molecule has 21 heavy (non-hydrogen) atoms. The number of ether oxygens (including phenoxy) is 1. The molecule has 0 radical (unpaired) electrons. The van der Waals surface area contributed by atoms with Crippen molar-refractivity contribution in [2.45, 2.75) is 19.1 Å². The Balaban J connectivity index is 1.86. The van der Waals surface area contributed by atoms with E-state index in [-0.39, 0.29) is 12.1 Å². The zero-order chi connectivity index (χ0) is 14.7. The number of likely N-dealkylation sites (N-methyl/N-ethyl adjacent to an activating group) is 2. The van der Waals surface area contributed by atoms with E-state index in [1.165, 1.54) is 10.9 Å². The van der Waals surface area contributed by atoms with E-state index < -0.39 is 0 Å². The number of pyridine rings is 1. The van der Waals surface area contributed by atoms with Gasteiger partial charge in [0.2, 0.25) is 0 Å². The van der Waals surface area contributed by atoms with E-state index in [2.05, 4.69) is 40.3 Å². The number of aromatic nitrogens is 1. The minimum Gasteiger partial charge on any atom is -0.374 e. The van der Waals surface area contributed by atoms with E-state index in [4.69, 9.17) is 4.74 Å². The fourth-order valence-electron chi connectivity index (χ4n) is 3.05. The third-order valence-electron chi connectivity index (χ3n) is 4.28. The molecule has 1 aromatic carbocycles. The Kier molecular flexibility index (Phi) is 4.48. The monoisotopic (exact) mass is 285 g/mol. The summed E-state index contributed by atoms with van der Waals surface area (Å²) in [6.07, 6.45) is 2.14. The van der Waals surface area contributed by atoms with Crippen LogP contribution in [0.25, 0.3) is 10.9 Å². The van der Waals surface area contributed by atoms with Crippen LogP contribution in [0.4, 0.5) is 0 Å². The predicted molar refractivity (Wildman–Crippen MR) is 85.4 cm³/mol. The second kappa shape index (κ2) is 6.52. The third-order valence-corrected chi connectivity index (χ3v) is 4.28. The van der Waals surface area contributed by atoms with Crippen molar-refractivity contribution in [1.82, 2.24) is 15.2 Å². The number of nitrogens with zero attached hydrogens (tertiary/aromatic N) is 2. The zero-order valence-corrected chi connectivity index (χ0v) is 12.7. The second-order valence-corrected chi connectivity index (χ2v) is 5.53. The molecular weight excluding hydrogens is 262 g/mol. The smallest absolute Gasteiger partial charge is 0.0897 e. The van der Waals surface area contributed by atoms with Gasteiger partial charge in [0, 0.05) is 24.7 Å². The van der Waals surface area contributed by atoms with Gasteiger partial charge in [0.15, 0.2) is 0 Å². The summed E-state index contributed by atoms with van der Waals surface area (Å²) in [6.45, 7) is 6.08. The molecule has 1 N–H and O–H groups in total. The first-order chi connectivity index (χ1) is 10.3. The van der Waals surface area contributed by atoms with E-state index >= 15 is 0 Å². The Morgan fingerprint density at radius 1 is 1.43 bits per heavy atom. The number of fused-ring (bicyclic) bond motifs is 1. The number of para-hydroxylation sites is 1. The van der Waals surface area contributed by atoms with Crippen LogP contribution < -0.4 is 5.32 Å². The first-order valence-electron chi connectivity index (χ1n) is 7.67. The molecule has 1 aromatic heterocycles. The Bertz CT molecular complexity index is 601. The van der Waals surface area contributed by atoms with Crippen molar-refractivity contribution < 1.29 is 4.74 Å². The summed E-state index contributed by atoms with van der Waals surface area (Å²) in [7, 11) is 1.99. The lowest BCUT2D eigenvalue weighted by atomic mass is 10.00. The highest BCUT2D eigenvalue weighted by Crippen LogP contribution is 2.24. The molecule has 2 heterocycles. The average Bonchev–Trinajstić information content (AvgIpc) is 2.56. The number of hydrogen-bond donors (Lipinski definition) is 1. The molecular formula is C17H23N3O. The molecule has 0 bridgehead atoms.